The van der Waals surface area contributed by atoms with Gasteiger partial charge in [0.15, 0.2) is 0 Å². The summed E-state index contributed by atoms with van der Waals surface area (Å²) in [7, 11) is 1.29. The average molecular weight is 348 g/mol. The first-order valence-corrected chi connectivity index (χ1v) is 8.60. The number of carbonyl (C=O) groups is 3. The van der Waals surface area contributed by atoms with Crippen LogP contribution in [0, 0.1) is 5.92 Å². The van der Waals surface area contributed by atoms with Gasteiger partial charge in [-0.25, -0.2) is 4.79 Å². The van der Waals surface area contributed by atoms with E-state index in [0.29, 0.717) is 0 Å². The van der Waals surface area contributed by atoms with Crippen molar-refractivity contribution in [3.05, 3.63) is 35.9 Å². The SMILES string of the molecule is CC[C@H](C)[C@@H](NC(=O)CCC(=O)N[C@H](C)c1ccccc1)C(=O)OC. The van der Waals surface area contributed by atoms with Gasteiger partial charge in [-0.05, 0) is 18.4 Å². The second-order valence-electron chi connectivity index (χ2n) is 6.15. The van der Waals surface area contributed by atoms with Crippen molar-refractivity contribution in [2.45, 2.75) is 52.1 Å². The zero-order chi connectivity index (χ0) is 18.8. The summed E-state index contributed by atoms with van der Waals surface area (Å²) in [5.74, 6) is -1.05. The van der Waals surface area contributed by atoms with E-state index in [1.165, 1.54) is 7.11 Å². The number of ether oxygens (including phenoxy) is 1. The summed E-state index contributed by atoms with van der Waals surface area (Å²) in [6.07, 6.45) is 0.823. The summed E-state index contributed by atoms with van der Waals surface area (Å²) >= 11 is 0. The lowest BCUT2D eigenvalue weighted by atomic mass is 9.99. The number of rotatable bonds is 9. The molecule has 2 N–H and O–H groups in total. The van der Waals surface area contributed by atoms with E-state index in [9.17, 15) is 14.4 Å². The minimum atomic E-state index is -0.686. The van der Waals surface area contributed by atoms with Gasteiger partial charge in [0, 0.05) is 12.8 Å². The summed E-state index contributed by atoms with van der Waals surface area (Å²) in [5, 5.41) is 5.53. The molecule has 1 aromatic rings. The summed E-state index contributed by atoms with van der Waals surface area (Å²) in [4.78, 5) is 35.8. The first-order valence-electron chi connectivity index (χ1n) is 8.60. The van der Waals surface area contributed by atoms with Gasteiger partial charge in [-0.3, -0.25) is 9.59 Å². The molecule has 0 aliphatic heterocycles. The van der Waals surface area contributed by atoms with E-state index in [4.69, 9.17) is 4.74 Å². The van der Waals surface area contributed by atoms with Crippen LogP contribution < -0.4 is 10.6 Å². The highest BCUT2D eigenvalue weighted by molar-refractivity contribution is 5.87. The first-order chi connectivity index (χ1) is 11.9. The molecule has 0 unspecified atom stereocenters. The van der Waals surface area contributed by atoms with E-state index in [1.54, 1.807) is 0 Å². The lowest BCUT2D eigenvalue weighted by Gasteiger charge is -2.21. The van der Waals surface area contributed by atoms with Crippen LogP contribution in [0.3, 0.4) is 0 Å². The van der Waals surface area contributed by atoms with Gasteiger partial charge in [0.05, 0.1) is 13.2 Å². The Morgan fingerprint density at radius 3 is 2.08 bits per heavy atom. The molecule has 0 aliphatic rings. The topological polar surface area (TPSA) is 84.5 Å². The Balaban J connectivity index is 2.46. The second kappa shape index (κ2) is 10.5. The third-order valence-electron chi connectivity index (χ3n) is 4.24. The Bertz CT molecular complexity index is 574. The van der Waals surface area contributed by atoms with Crippen LogP contribution in [0.5, 0.6) is 0 Å². The van der Waals surface area contributed by atoms with Crippen molar-refractivity contribution in [2.75, 3.05) is 7.11 Å². The fraction of sp³-hybridized carbons (Fsp3) is 0.526. The molecule has 3 atom stereocenters. The fourth-order valence-electron chi connectivity index (χ4n) is 2.41. The van der Waals surface area contributed by atoms with Crippen molar-refractivity contribution >= 4 is 17.8 Å². The molecule has 1 aromatic carbocycles. The molecule has 0 radical (unpaired) electrons. The number of methoxy groups -OCH3 is 1. The van der Waals surface area contributed by atoms with Crippen LogP contribution in [-0.2, 0) is 19.1 Å². The van der Waals surface area contributed by atoms with Crippen molar-refractivity contribution < 1.29 is 19.1 Å². The molecule has 6 nitrogen and oxygen atoms in total. The predicted molar refractivity (Wildman–Crippen MR) is 95.6 cm³/mol. The van der Waals surface area contributed by atoms with Crippen molar-refractivity contribution in [1.29, 1.82) is 0 Å². The monoisotopic (exact) mass is 348 g/mol. The number of esters is 1. The van der Waals surface area contributed by atoms with Gasteiger partial charge >= 0.3 is 5.97 Å². The zero-order valence-corrected chi connectivity index (χ0v) is 15.4. The third kappa shape index (κ3) is 6.95. The number of hydrogen-bond donors (Lipinski definition) is 2. The molecule has 0 saturated heterocycles. The summed E-state index contributed by atoms with van der Waals surface area (Å²) < 4.78 is 4.73. The Morgan fingerprint density at radius 1 is 1.00 bits per heavy atom. The molecule has 25 heavy (non-hydrogen) atoms. The number of benzene rings is 1. The highest BCUT2D eigenvalue weighted by atomic mass is 16.5. The molecule has 0 aromatic heterocycles. The maximum Gasteiger partial charge on any atom is 0.328 e. The van der Waals surface area contributed by atoms with E-state index in [1.807, 2.05) is 51.1 Å². The van der Waals surface area contributed by atoms with Crippen LogP contribution in [0.1, 0.15) is 51.6 Å². The van der Waals surface area contributed by atoms with Gasteiger partial charge in [-0.1, -0.05) is 50.6 Å². The van der Waals surface area contributed by atoms with Crippen LogP contribution in [0.4, 0.5) is 0 Å². The molecule has 138 valence electrons. The Hall–Kier alpha value is -2.37. The van der Waals surface area contributed by atoms with Crippen LogP contribution in [0.15, 0.2) is 30.3 Å². The molecule has 0 fully saturated rings. The molecule has 1 rings (SSSR count). The van der Waals surface area contributed by atoms with Gasteiger partial charge < -0.3 is 15.4 Å². The molecule has 0 spiro atoms. The van der Waals surface area contributed by atoms with Crippen molar-refractivity contribution in [3.63, 3.8) is 0 Å². The van der Waals surface area contributed by atoms with E-state index in [2.05, 4.69) is 10.6 Å². The predicted octanol–water partition coefficient (Wildman–Crippen LogP) is 2.35. The number of carbonyl (C=O) groups excluding carboxylic acids is 3. The van der Waals surface area contributed by atoms with Crippen molar-refractivity contribution in [2.24, 2.45) is 5.92 Å². The number of amides is 2. The Morgan fingerprint density at radius 2 is 1.56 bits per heavy atom. The largest absolute Gasteiger partial charge is 0.467 e. The Kier molecular flexibility index (Phi) is 8.67. The van der Waals surface area contributed by atoms with Crippen molar-refractivity contribution in [3.8, 4) is 0 Å². The summed E-state index contributed by atoms with van der Waals surface area (Å²) in [5.41, 5.74) is 1.00. The van der Waals surface area contributed by atoms with E-state index >= 15 is 0 Å². The summed E-state index contributed by atoms with van der Waals surface area (Å²) in [6, 6.07) is 8.79. The average Bonchev–Trinajstić information content (AvgIpc) is 2.63. The molecule has 0 bridgehead atoms. The van der Waals surface area contributed by atoms with Crippen LogP contribution >= 0.6 is 0 Å². The number of nitrogens with one attached hydrogen (secondary N) is 2. The van der Waals surface area contributed by atoms with Gasteiger partial charge in [0.1, 0.15) is 6.04 Å². The smallest absolute Gasteiger partial charge is 0.328 e. The molecule has 2 amide bonds. The lowest BCUT2D eigenvalue weighted by molar-refractivity contribution is -0.146. The van der Waals surface area contributed by atoms with E-state index in [0.717, 1.165) is 12.0 Å². The maximum atomic E-state index is 12.1. The van der Waals surface area contributed by atoms with Crippen LogP contribution in [-0.4, -0.2) is 30.9 Å². The maximum absolute atomic E-state index is 12.1. The fourth-order valence-corrected chi connectivity index (χ4v) is 2.41. The van der Waals surface area contributed by atoms with Gasteiger partial charge in [0.25, 0.3) is 0 Å². The zero-order valence-electron chi connectivity index (χ0n) is 15.4. The van der Waals surface area contributed by atoms with Gasteiger partial charge in [-0.2, -0.15) is 0 Å². The standard InChI is InChI=1S/C19H28N2O4/c1-5-13(2)18(19(24)25-4)21-17(23)12-11-16(22)20-14(3)15-9-7-6-8-10-15/h6-10,13-14,18H,5,11-12H2,1-4H3,(H,20,22)(H,21,23)/t13-,14+,18+/m0/s1. The minimum absolute atomic E-state index is 0.0251. The first kappa shape index (κ1) is 20.7. The summed E-state index contributed by atoms with van der Waals surface area (Å²) in [6.45, 7) is 5.70. The van der Waals surface area contributed by atoms with Gasteiger partial charge in [-0.15, -0.1) is 0 Å². The van der Waals surface area contributed by atoms with E-state index < -0.39 is 12.0 Å². The molecule has 0 saturated carbocycles. The molecule has 0 heterocycles. The molecule has 6 heteroatoms. The van der Waals surface area contributed by atoms with Gasteiger partial charge in [0.2, 0.25) is 11.8 Å². The van der Waals surface area contributed by atoms with Crippen LogP contribution in [0.25, 0.3) is 0 Å². The molecular formula is C19H28N2O4. The lowest BCUT2D eigenvalue weighted by Crippen LogP contribution is -2.45. The Labute approximate surface area is 149 Å². The minimum Gasteiger partial charge on any atom is -0.467 e. The molecular weight excluding hydrogens is 320 g/mol. The highest BCUT2D eigenvalue weighted by Gasteiger charge is 2.26. The molecule has 0 aliphatic carbocycles. The van der Waals surface area contributed by atoms with E-state index in [-0.39, 0.29) is 36.6 Å². The quantitative estimate of drug-likeness (QED) is 0.671. The third-order valence-corrected chi connectivity index (χ3v) is 4.24. The number of hydrogen-bond acceptors (Lipinski definition) is 4. The second-order valence-corrected chi connectivity index (χ2v) is 6.15. The van der Waals surface area contributed by atoms with Crippen LogP contribution in [0.2, 0.25) is 0 Å². The normalized spacial score (nSPS) is 14.1. The highest BCUT2D eigenvalue weighted by Crippen LogP contribution is 2.12. The van der Waals surface area contributed by atoms with Crippen molar-refractivity contribution in [1.82, 2.24) is 10.6 Å².